The first-order valence-electron chi connectivity index (χ1n) is 29.9. The fraction of sp³-hybridized carbons (Fsp3) is 0.565. The third-order valence-electron chi connectivity index (χ3n) is 18.1. The molecule has 3 nitrogen and oxygen atoms in total. The van der Waals surface area contributed by atoms with E-state index in [4.69, 9.17) is 14.2 Å². The van der Waals surface area contributed by atoms with Crippen molar-refractivity contribution in [2.45, 2.75) is 230 Å². The number of methoxy groups -OCH3 is 3. The van der Waals surface area contributed by atoms with Crippen molar-refractivity contribution in [3.8, 4) is 61.8 Å². The Kier molecular flexibility index (Phi) is 18.8. The van der Waals surface area contributed by atoms with E-state index in [-0.39, 0.29) is 0 Å². The molecule has 5 aromatic rings. The summed E-state index contributed by atoms with van der Waals surface area (Å²) in [6.45, 7) is 19.7. The molecule has 5 heteroatoms. The molecule has 0 unspecified atom stereocenters. The number of rotatable bonds is 17. The lowest BCUT2D eigenvalue weighted by Gasteiger charge is -2.44. The SMILES string of the molecule is COc1ccccc1-c1cc(C(C)C)c(-c2cc(-c3c(C(C)C)cc(-c4ccccc4OC)cc3C(C)C)c(P(C3CCCCC3)C3CCCCC3)c(OC)c2P(C2CCCCC2)C2CCCCC2)c(C(C)C)c1. The van der Waals surface area contributed by atoms with Crippen LogP contribution < -0.4 is 24.8 Å². The predicted octanol–water partition coefficient (Wildman–Crippen LogP) is 20.4. The minimum absolute atomic E-state index is 0.300. The summed E-state index contributed by atoms with van der Waals surface area (Å²) in [5.74, 6) is 4.42. The Morgan fingerprint density at radius 1 is 0.351 bits per heavy atom. The van der Waals surface area contributed by atoms with Gasteiger partial charge in [0.2, 0.25) is 0 Å². The van der Waals surface area contributed by atoms with Gasteiger partial charge in [-0.3, -0.25) is 0 Å². The van der Waals surface area contributed by atoms with Crippen molar-refractivity contribution >= 4 is 26.5 Å². The van der Waals surface area contributed by atoms with Crippen LogP contribution in [-0.4, -0.2) is 44.0 Å². The molecule has 74 heavy (non-hydrogen) atoms. The van der Waals surface area contributed by atoms with Gasteiger partial charge in [0.15, 0.2) is 0 Å². The van der Waals surface area contributed by atoms with Crippen LogP contribution >= 0.6 is 15.8 Å². The first-order chi connectivity index (χ1) is 35.9. The van der Waals surface area contributed by atoms with E-state index in [1.807, 2.05) is 14.2 Å². The van der Waals surface area contributed by atoms with Crippen LogP contribution in [0.25, 0.3) is 44.5 Å². The van der Waals surface area contributed by atoms with Crippen molar-refractivity contribution < 1.29 is 14.2 Å². The molecule has 0 saturated heterocycles. The molecular weight excluding hydrogens is 939 g/mol. The van der Waals surface area contributed by atoms with Crippen molar-refractivity contribution in [3.63, 3.8) is 0 Å². The molecule has 9 rings (SSSR count). The second-order valence-corrected chi connectivity index (χ2v) is 29.7. The van der Waals surface area contributed by atoms with Crippen molar-refractivity contribution in [2.24, 2.45) is 0 Å². The van der Waals surface area contributed by atoms with Crippen LogP contribution in [0, 0.1) is 0 Å². The highest BCUT2D eigenvalue weighted by Gasteiger charge is 2.43. The molecule has 4 aliphatic carbocycles. The third kappa shape index (κ3) is 11.5. The zero-order valence-corrected chi connectivity index (χ0v) is 49.7. The van der Waals surface area contributed by atoms with Crippen molar-refractivity contribution in [1.29, 1.82) is 0 Å². The highest BCUT2D eigenvalue weighted by molar-refractivity contribution is 7.69. The Morgan fingerprint density at radius 2 is 0.635 bits per heavy atom. The number of hydrogen-bond donors (Lipinski definition) is 0. The lowest BCUT2D eigenvalue weighted by atomic mass is 9.79. The predicted molar refractivity (Wildman–Crippen MR) is 325 cm³/mol. The molecule has 398 valence electrons. The van der Waals surface area contributed by atoms with Gasteiger partial charge in [-0.2, -0.15) is 0 Å². The summed E-state index contributed by atoms with van der Waals surface area (Å²) in [4.78, 5) is 0. The average Bonchev–Trinajstić information content (AvgIpc) is 3.43. The van der Waals surface area contributed by atoms with Gasteiger partial charge in [-0.25, -0.2) is 0 Å². The molecule has 0 aliphatic heterocycles. The molecule has 0 bridgehead atoms. The van der Waals surface area contributed by atoms with Gasteiger partial charge >= 0.3 is 0 Å². The van der Waals surface area contributed by atoms with Gasteiger partial charge in [0.1, 0.15) is 17.2 Å². The Hall–Kier alpha value is -3.64. The van der Waals surface area contributed by atoms with Crippen LogP contribution in [0.1, 0.15) is 230 Å². The van der Waals surface area contributed by atoms with Crippen LogP contribution in [0.5, 0.6) is 17.2 Å². The second-order valence-electron chi connectivity index (χ2n) is 24.3. The van der Waals surface area contributed by atoms with E-state index in [9.17, 15) is 0 Å². The molecule has 0 N–H and O–H groups in total. The Balaban J connectivity index is 1.50. The normalized spacial score (nSPS) is 17.9. The largest absolute Gasteiger partial charge is 0.496 e. The third-order valence-corrected chi connectivity index (χ3v) is 25.2. The lowest BCUT2D eigenvalue weighted by Crippen LogP contribution is -2.34. The molecule has 0 heterocycles. The first-order valence-corrected chi connectivity index (χ1v) is 32.9. The minimum atomic E-state index is -0.573. The number of para-hydroxylation sites is 2. The Bertz CT molecular complexity index is 2380. The monoisotopic (exact) mass is 1030 g/mol. The average molecular weight is 1030 g/mol. The second kappa shape index (κ2) is 25.2. The van der Waals surface area contributed by atoms with Gasteiger partial charge < -0.3 is 14.2 Å². The summed E-state index contributed by atoms with van der Waals surface area (Å²) in [5.41, 5.74) is 19.6. The van der Waals surface area contributed by atoms with Crippen LogP contribution in [0.2, 0.25) is 0 Å². The number of hydrogen-bond acceptors (Lipinski definition) is 3. The summed E-state index contributed by atoms with van der Waals surface area (Å²) in [6.07, 6.45) is 27.4. The highest BCUT2D eigenvalue weighted by atomic mass is 31.1. The zero-order valence-electron chi connectivity index (χ0n) is 47.9. The summed E-state index contributed by atoms with van der Waals surface area (Å²) in [5, 5.41) is 3.35. The van der Waals surface area contributed by atoms with Gasteiger partial charge in [-0.1, -0.05) is 209 Å². The topological polar surface area (TPSA) is 27.7 Å². The van der Waals surface area contributed by atoms with Crippen molar-refractivity contribution in [1.82, 2.24) is 0 Å². The van der Waals surface area contributed by atoms with Crippen LogP contribution in [0.3, 0.4) is 0 Å². The summed E-state index contributed by atoms with van der Waals surface area (Å²) in [7, 11) is 4.65. The fourth-order valence-corrected chi connectivity index (χ4v) is 22.6. The maximum atomic E-state index is 7.67. The number of ether oxygens (including phenoxy) is 3. The molecule has 0 radical (unpaired) electrons. The lowest BCUT2D eigenvalue weighted by molar-refractivity contribution is 0.416. The summed E-state index contributed by atoms with van der Waals surface area (Å²) in [6, 6.07) is 30.6. The van der Waals surface area contributed by atoms with Crippen LogP contribution in [0.4, 0.5) is 0 Å². The van der Waals surface area contributed by atoms with Crippen LogP contribution in [0.15, 0.2) is 78.9 Å². The number of benzene rings is 5. The van der Waals surface area contributed by atoms with Gasteiger partial charge in [0.05, 0.1) is 21.3 Å². The molecule has 0 atom stereocenters. The van der Waals surface area contributed by atoms with E-state index < -0.39 is 15.8 Å². The summed E-state index contributed by atoms with van der Waals surface area (Å²) < 4.78 is 19.9. The quantitative estimate of drug-likeness (QED) is 0.0869. The Morgan fingerprint density at radius 3 is 0.892 bits per heavy atom. The van der Waals surface area contributed by atoms with E-state index in [0.29, 0.717) is 23.7 Å². The van der Waals surface area contributed by atoms with Gasteiger partial charge in [0, 0.05) is 21.7 Å². The minimum Gasteiger partial charge on any atom is -0.496 e. The maximum Gasteiger partial charge on any atom is 0.135 e. The molecule has 0 aromatic heterocycles. The van der Waals surface area contributed by atoms with Crippen LogP contribution in [-0.2, 0) is 0 Å². The fourth-order valence-electron chi connectivity index (χ4n) is 14.4. The molecule has 4 saturated carbocycles. The molecular formula is C69H94O3P2. The van der Waals surface area contributed by atoms with Gasteiger partial charge in [-0.15, -0.1) is 0 Å². The maximum absolute atomic E-state index is 7.67. The van der Waals surface area contributed by atoms with E-state index in [0.717, 1.165) is 34.1 Å². The van der Waals surface area contributed by atoms with Gasteiger partial charge in [-0.05, 0) is 172 Å². The van der Waals surface area contributed by atoms with Gasteiger partial charge in [0.25, 0.3) is 0 Å². The van der Waals surface area contributed by atoms with Crippen molar-refractivity contribution in [3.05, 3.63) is 101 Å². The molecule has 5 aromatic carbocycles. The molecule has 0 spiro atoms. The van der Waals surface area contributed by atoms with E-state index >= 15 is 0 Å². The molecule has 4 fully saturated rings. The molecule has 4 aliphatic rings. The standard InChI is InChI=1S/C69H94O3P2/c1-45(2)57-40-49(55-36-24-26-38-63(55)70-9)41-58(46(3)4)65(57)61-44-62(66-59(47(5)6)42-50(43-60(66)48(7)8)56-37-25-27-39-64(56)71-10)69(74(53-32-20-14-21-33-53)54-34-22-15-23-35-54)67(72-11)68(61)73(51-28-16-12-17-29-51)52-30-18-13-19-31-52/h24-27,36-48,51-54H,12-23,28-35H2,1-11H3. The summed E-state index contributed by atoms with van der Waals surface area (Å²) >= 11 is 0. The smallest absolute Gasteiger partial charge is 0.135 e. The highest BCUT2D eigenvalue weighted by Crippen LogP contribution is 2.64. The zero-order chi connectivity index (χ0) is 52.0. The first kappa shape index (κ1) is 55.1. The van der Waals surface area contributed by atoms with E-state index in [2.05, 4.69) is 141 Å². The van der Waals surface area contributed by atoms with E-state index in [1.54, 1.807) is 10.6 Å². The molecule has 0 amide bonds. The van der Waals surface area contributed by atoms with Crippen molar-refractivity contribution in [2.75, 3.05) is 21.3 Å². The van der Waals surface area contributed by atoms with E-state index in [1.165, 1.54) is 201 Å². The Labute approximate surface area is 452 Å².